The number of ether oxygens (including phenoxy) is 2. The molecule has 1 heterocycles. The average molecular weight is 592 g/mol. The third-order valence-corrected chi connectivity index (χ3v) is 7.92. The van der Waals surface area contributed by atoms with Crippen molar-refractivity contribution in [3.63, 3.8) is 0 Å². The van der Waals surface area contributed by atoms with Gasteiger partial charge < -0.3 is 19.7 Å². The number of para-hydroxylation sites is 2. The minimum atomic E-state index is -3.84. The number of halogens is 1. The number of nitrogens with zero attached hydrogens (tertiary/aromatic N) is 1. The number of hydrogen-bond acceptors (Lipinski definition) is 6. The van der Waals surface area contributed by atoms with Crippen LogP contribution in [-0.4, -0.2) is 39.5 Å². The number of amides is 2. The minimum absolute atomic E-state index is 0.00732. The van der Waals surface area contributed by atoms with E-state index in [0.717, 1.165) is 5.56 Å². The van der Waals surface area contributed by atoms with E-state index in [4.69, 9.17) is 21.1 Å². The molecule has 0 unspecified atom stereocenters. The highest BCUT2D eigenvalue weighted by Crippen LogP contribution is 2.33. The van der Waals surface area contributed by atoms with Gasteiger partial charge in [0.25, 0.3) is 21.8 Å². The van der Waals surface area contributed by atoms with Gasteiger partial charge in [0.15, 0.2) is 12.7 Å². The molecule has 5 rings (SSSR count). The molecule has 4 aromatic rings. The van der Waals surface area contributed by atoms with E-state index >= 15 is 0 Å². The fourth-order valence-electron chi connectivity index (χ4n) is 4.18. The summed E-state index contributed by atoms with van der Waals surface area (Å²) in [5, 5.41) is 3.35. The molecular weight excluding hydrogens is 566 g/mol. The summed E-state index contributed by atoms with van der Waals surface area (Å²) in [6, 6.07) is 28.4. The van der Waals surface area contributed by atoms with E-state index < -0.39 is 16.1 Å². The number of rotatable bonds is 9. The molecule has 0 saturated heterocycles. The van der Waals surface area contributed by atoms with Gasteiger partial charge in [-0.05, 0) is 66.2 Å². The summed E-state index contributed by atoms with van der Waals surface area (Å²) in [5.74, 6) is -0.00834. The van der Waals surface area contributed by atoms with Crippen molar-refractivity contribution in [1.29, 1.82) is 0 Å². The lowest BCUT2D eigenvalue weighted by Gasteiger charge is -2.34. The third-order valence-electron chi connectivity index (χ3n) is 6.27. The highest BCUT2D eigenvalue weighted by molar-refractivity contribution is 7.92. The summed E-state index contributed by atoms with van der Waals surface area (Å²) >= 11 is 5.86. The first-order valence-corrected chi connectivity index (χ1v) is 14.5. The summed E-state index contributed by atoms with van der Waals surface area (Å²) in [5.41, 5.74) is 1.85. The van der Waals surface area contributed by atoms with E-state index in [9.17, 15) is 18.0 Å². The molecule has 0 saturated carbocycles. The van der Waals surface area contributed by atoms with Crippen molar-refractivity contribution >= 4 is 44.8 Å². The molecule has 2 N–H and O–H groups in total. The molecule has 0 aliphatic carbocycles. The number of carbonyl (C=O) groups excluding carboxylic acids is 2. The topological polar surface area (TPSA) is 114 Å². The molecule has 210 valence electrons. The zero-order valence-corrected chi connectivity index (χ0v) is 23.3. The average Bonchev–Trinajstić information content (AvgIpc) is 3.00. The first-order chi connectivity index (χ1) is 19.8. The van der Waals surface area contributed by atoms with Gasteiger partial charge in [0.1, 0.15) is 11.5 Å². The fourth-order valence-corrected chi connectivity index (χ4v) is 5.36. The van der Waals surface area contributed by atoms with Crippen LogP contribution in [0.2, 0.25) is 5.02 Å². The number of nitrogens with one attached hydrogen (secondary N) is 2. The summed E-state index contributed by atoms with van der Waals surface area (Å²) in [4.78, 5) is 27.6. The summed E-state index contributed by atoms with van der Waals surface area (Å²) in [6.45, 7) is 0.00829. The number of benzene rings is 4. The molecular formula is C30H26ClN3O6S. The predicted molar refractivity (Wildman–Crippen MR) is 156 cm³/mol. The van der Waals surface area contributed by atoms with Crippen molar-refractivity contribution in [3.8, 4) is 11.5 Å². The van der Waals surface area contributed by atoms with Crippen LogP contribution in [0.15, 0.2) is 108 Å². The Bertz CT molecular complexity index is 1630. The van der Waals surface area contributed by atoms with E-state index in [-0.39, 0.29) is 29.9 Å². The molecule has 0 fully saturated rings. The van der Waals surface area contributed by atoms with Gasteiger partial charge in [-0.1, -0.05) is 54.1 Å². The van der Waals surface area contributed by atoms with Gasteiger partial charge in [-0.25, -0.2) is 8.42 Å². The quantitative estimate of drug-likeness (QED) is 0.293. The Hall–Kier alpha value is -4.54. The van der Waals surface area contributed by atoms with Gasteiger partial charge in [-0.15, -0.1) is 0 Å². The van der Waals surface area contributed by atoms with Crippen molar-refractivity contribution in [2.24, 2.45) is 0 Å². The molecule has 4 aromatic carbocycles. The summed E-state index contributed by atoms with van der Waals surface area (Å²) in [7, 11) is -3.84. The van der Waals surface area contributed by atoms with Crippen LogP contribution in [0.1, 0.15) is 5.56 Å². The molecule has 1 aliphatic heterocycles. The number of fused-ring (bicyclic) bond motifs is 1. The van der Waals surface area contributed by atoms with Crippen LogP contribution < -0.4 is 24.4 Å². The zero-order valence-electron chi connectivity index (χ0n) is 21.7. The van der Waals surface area contributed by atoms with Crippen molar-refractivity contribution in [1.82, 2.24) is 5.32 Å². The Balaban J connectivity index is 1.21. The number of sulfonamides is 1. The Morgan fingerprint density at radius 3 is 2.32 bits per heavy atom. The van der Waals surface area contributed by atoms with E-state index in [1.165, 1.54) is 29.2 Å². The second kappa shape index (κ2) is 12.3. The van der Waals surface area contributed by atoms with Crippen LogP contribution in [-0.2, 0) is 26.2 Å². The highest BCUT2D eigenvalue weighted by Gasteiger charge is 2.33. The van der Waals surface area contributed by atoms with Gasteiger partial charge in [0.05, 0.1) is 17.1 Å². The van der Waals surface area contributed by atoms with E-state index in [0.29, 0.717) is 34.4 Å². The first kappa shape index (κ1) is 28.0. The fraction of sp³-hybridized carbons (Fsp3) is 0.133. The number of hydrogen-bond donors (Lipinski definition) is 2. The van der Waals surface area contributed by atoms with E-state index in [1.807, 2.05) is 30.3 Å². The zero-order chi connectivity index (χ0) is 28.8. The number of carbonyl (C=O) groups is 2. The largest absolute Gasteiger partial charge is 0.484 e. The number of anilines is 2. The van der Waals surface area contributed by atoms with Crippen molar-refractivity contribution in [3.05, 3.63) is 114 Å². The summed E-state index contributed by atoms with van der Waals surface area (Å²) < 4.78 is 39.5. The molecule has 0 spiro atoms. The maximum absolute atomic E-state index is 13.2. The van der Waals surface area contributed by atoms with Crippen molar-refractivity contribution < 1.29 is 27.5 Å². The molecule has 0 bridgehead atoms. The van der Waals surface area contributed by atoms with Crippen LogP contribution >= 0.6 is 11.6 Å². The van der Waals surface area contributed by atoms with Gasteiger partial charge in [-0.3, -0.25) is 14.3 Å². The smallest absolute Gasteiger partial charge is 0.265 e. The lowest BCUT2D eigenvalue weighted by atomic mass is 10.1. The SMILES string of the molecule is O=C(NCc1ccccc1)[C@H]1CN(C(=O)COc2ccc(S(=O)(=O)Nc3ccc(Cl)cc3)cc2)c2ccccc2O1. The standard InChI is InChI=1S/C30H26ClN3O6S/c31-22-10-12-23(13-11-22)33-41(37,38)25-16-14-24(15-17-25)39-20-29(35)34-19-28(40-27-9-5-4-8-26(27)34)30(36)32-18-21-6-2-1-3-7-21/h1-17,28,33H,18-20H2,(H,32,36)/t28-/m1/s1. The molecule has 1 aliphatic rings. The highest BCUT2D eigenvalue weighted by atomic mass is 35.5. The van der Waals surface area contributed by atoms with Crippen LogP contribution in [0.4, 0.5) is 11.4 Å². The third kappa shape index (κ3) is 6.97. The lowest BCUT2D eigenvalue weighted by Crippen LogP contribution is -2.51. The second-order valence-corrected chi connectivity index (χ2v) is 11.3. The van der Waals surface area contributed by atoms with Crippen molar-refractivity contribution in [2.45, 2.75) is 17.5 Å². The summed E-state index contributed by atoms with van der Waals surface area (Å²) in [6.07, 6.45) is -0.907. The second-order valence-electron chi connectivity index (χ2n) is 9.15. The molecule has 9 nitrogen and oxygen atoms in total. The molecule has 41 heavy (non-hydrogen) atoms. The molecule has 1 atom stereocenters. The van der Waals surface area contributed by atoms with Crippen LogP contribution in [0.25, 0.3) is 0 Å². The van der Waals surface area contributed by atoms with E-state index in [2.05, 4.69) is 10.0 Å². The lowest BCUT2D eigenvalue weighted by molar-refractivity contribution is -0.128. The molecule has 0 radical (unpaired) electrons. The monoisotopic (exact) mass is 591 g/mol. The van der Waals surface area contributed by atoms with Crippen LogP contribution in [0, 0.1) is 0 Å². The predicted octanol–water partition coefficient (Wildman–Crippen LogP) is 4.63. The van der Waals surface area contributed by atoms with Gasteiger partial charge in [0.2, 0.25) is 0 Å². The normalized spacial score (nSPS) is 14.4. The first-order valence-electron chi connectivity index (χ1n) is 12.7. The Kier molecular flexibility index (Phi) is 8.42. The van der Waals surface area contributed by atoms with Crippen molar-refractivity contribution in [2.75, 3.05) is 22.8 Å². The van der Waals surface area contributed by atoms with Gasteiger partial charge >= 0.3 is 0 Å². The van der Waals surface area contributed by atoms with Crippen LogP contribution in [0.5, 0.6) is 11.5 Å². The Labute approximate surface area is 242 Å². The van der Waals surface area contributed by atoms with Gasteiger partial charge in [-0.2, -0.15) is 0 Å². The molecule has 11 heteroatoms. The molecule has 0 aromatic heterocycles. The molecule has 2 amide bonds. The minimum Gasteiger partial charge on any atom is -0.484 e. The van der Waals surface area contributed by atoms with Gasteiger partial charge in [0, 0.05) is 17.3 Å². The Morgan fingerprint density at radius 1 is 0.902 bits per heavy atom. The van der Waals surface area contributed by atoms with E-state index in [1.54, 1.807) is 48.5 Å². The van der Waals surface area contributed by atoms with Crippen LogP contribution in [0.3, 0.4) is 0 Å². The maximum atomic E-state index is 13.2. The Morgan fingerprint density at radius 2 is 1.59 bits per heavy atom. The maximum Gasteiger partial charge on any atom is 0.265 e.